The van der Waals surface area contributed by atoms with Crippen molar-refractivity contribution in [2.45, 2.75) is 71.1 Å². The van der Waals surface area contributed by atoms with Crippen molar-refractivity contribution in [2.75, 3.05) is 0 Å². The van der Waals surface area contributed by atoms with Gasteiger partial charge in [-0.25, -0.2) is 4.39 Å². The molecule has 23 heavy (non-hydrogen) atoms. The predicted octanol–water partition coefficient (Wildman–Crippen LogP) is 3.82. The van der Waals surface area contributed by atoms with Gasteiger partial charge < -0.3 is 10.0 Å². The third-order valence-electron chi connectivity index (χ3n) is 5.37. The number of halogens is 1. The van der Waals surface area contributed by atoms with Gasteiger partial charge in [0, 0.05) is 5.46 Å². The van der Waals surface area contributed by atoms with E-state index in [0.29, 0.717) is 0 Å². The summed E-state index contributed by atoms with van der Waals surface area (Å²) in [6.07, 6.45) is 12.8. The molecular weight excluding hydrogens is 290 g/mol. The zero-order valence-corrected chi connectivity index (χ0v) is 14.3. The highest BCUT2D eigenvalue weighted by Crippen LogP contribution is 2.34. The maximum atomic E-state index is 13.7. The standard InChI is InChI=1S/C19H30BFO2/c1-2-3-4-5-15-6-8-16(9-7-15)10-11-17-12-13-18(20(22)23)19(21)14-17/h12-16,22-23H,2-11H2,1H3. The molecule has 4 heteroatoms. The van der Waals surface area contributed by atoms with Crippen molar-refractivity contribution in [1.29, 1.82) is 0 Å². The summed E-state index contributed by atoms with van der Waals surface area (Å²) < 4.78 is 13.7. The fourth-order valence-corrected chi connectivity index (χ4v) is 3.80. The smallest absolute Gasteiger partial charge is 0.423 e. The van der Waals surface area contributed by atoms with Crippen LogP contribution >= 0.6 is 0 Å². The summed E-state index contributed by atoms with van der Waals surface area (Å²) in [6.45, 7) is 2.26. The molecule has 1 saturated carbocycles. The minimum absolute atomic E-state index is 0.0404. The van der Waals surface area contributed by atoms with E-state index in [0.717, 1.165) is 30.2 Å². The van der Waals surface area contributed by atoms with Crippen molar-refractivity contribution in [3.05, 3.63) is 29.6 Å². The first-order chi connectivity index (χ1) is 11.1. The Morgan fingerprint density at radius 2 is 1.70 bits per heavy atom. The molecule has 2 nitrogen and oxygen atoms in total. The molecule has 0 saturated heterocycles. The quantitative estimate of drug-likeness (QED) is 0.565. The number of hydrogen-bond donors (Lipinski definition) is 2. The van der Waals surface area contributed by atoms with Crippen LogP contribution in [0.3, 0.4) is 0 Å². The fraction of sp³-hybridized carbons (Fsp3) is 0.684. The van der Waals surface area contributed by atoms with E-state index in [9.17, 15) is 4.39 Å². The highest BCUT2D eigenvalue weighted by Gasteiger charge is 2.21. The number of unbranched alkanes of at least 4 members (excludes halogenated alkanes) is 2. The van der Waals surface area contributed by atoms with Crippen molar-refractivity contribution < 1.29 is 14.4 Å². The van der Waals surface area contributed by atoms with Crippen LogP contribution in [0.2, 0.25) is 0 Å². The number of rotatable bonds is 8. The first kappa shape index (κ1) is 18.5. The Morgan fingerprint density at radius 1 is 1.04 bits per heavy atom. The average molecular weight is 320 g/mol. The fourth-order valence-electron chi connectivity index (χ4n) is 3.80. The van der Waals surface area contributed by atoms with Crippen LogP contribution in [0.5, 0.6) is 0 Å². The summed E-state index contributed by atoms with van der Waals surface area (Å²) in [7, 11) is -1.73. The summed E-state index contributed by atoms with van der Waals surface area (Å²) in [4.78, 5) is 0. The van der Waals surface area contributed by atoms with Crippen LogP contribution in [0.4, 0.5) is 4.39 Å². The van der Waals surface area contributed by atoms with E-state index in [4.69, 9.17) is 10.0 Å². The lowest BCUT2D eigenvalue weighted by Gasteiger charge is -2.28. The molecule has 1 fully saturated rings. The molecule has 0 aromatic heterocycles. The predicted molar refractivity (Wildman–Crippen MR) is 94.1 cm³/mol. The van der Waals surface area contributed by atoms with Gasteiger partial charge in [-0.15, -0.1) is 0 Å². The second-order valence-electron chi connectivity index (χ2n) is 7.15. The van der Waals surface area contributed by atoms with E-state index in [1.165, 1.54) is 63.5 Å². The Kier molecular flexibility index (Phi) is 7.58. The molecule has 1 aromatic rings. The summed E-state index contributed by atoms with van der Waals surface area (Å²) in [5.41, 5.74) is 0.915. The van der Waals surface area contributed by atoms with Crippen molar-refractivity contribution in [3.63, 3.8) is 0 Å². The molecule has 0 bridgehead atoms. The summed E-state index contributed by atoms with van der Waals surface area (Å²) >= 11 is 0. The SMILES string of the molecule is CCCCCC1CCC(CCc2ccc(B(O)O)c(F)c2)CC1. The van der Waals surface area contributed by atoms with Crippen LogP contribution < -0.4 is 5.46 Å². The minimum atomic E-state index is -1.73. The van der Waals surface area contributed by atoms with E-state index >= 15 is 0 Å². The van der Waals surface area contributed by atoms with Crippen molar-refractivity contribution in [1.82, 2.24) is 0 Å². The maximum absolute atomic E-state index is 13.7. The van der Waals surface area contributed by atoms with Crippen LogP contribution in [-0.2, 0) is 6.42 Å². The number of aryl methyl sites for hydroxylation is 1. The Balaban J connectivity index is 1.72. The van der Waals surface area contributed by atoms with Crippen molar-refractivity contribution in [3.8, 4) is 0 Å². The van der Waals surface area contributed by atoms with Gasteiger partial charge in [-0.2, -0.15) is 0 Å². The summed E-state index contributed by atoms with van der Waals surface area (Å²) in [6, 6.07) is 4.75. The molecule has 0 heterocycles. The Hall–Kier alpha value is -0.865. The Labute approximate surface area is 140 Å². The molecule has 1 aromatic carbocycles. The lowest BCUT2D eigenvalue weighted by molar-refractivity contribution is 0.249. The first-order valence-corrected chi connectivity index (χ1v) is 9.24. The molecule has 0 spiro atoms. The summed E-state index contributed by atoms with van der Waals surface area (Å²) in [5.74, 6) is 1.18. The molecule has 1 aliphatic rings. The molecule has 2 rings (SSSR count). The zero-order chi connectivity index (χ0) is 16.7. The molecule has 0 aliphatic heterocycles. The van der Waals surface area contributed by atoms with E-state index < -0.39 is 12.9 Å². The van der Waals surface area contributed by atoms with Gasteiger partial charge in [0.25, 0.3) is 0 Å². The van der Waals surface area contributed by atoms with Gasteiger partial charge in [0.05, 0.1) is 0 Å². The van der Waals surface area contributed by atoms with Gasteiger partial charge in [-0.1, -0.05) is 70.4 Å². The molecule has 128 valence electrons. The van der Waals surface area contributed by atoms with E-state index in [-0.39, 0.29) is 5.46 Å². The highest BCUT2D eigenvalue weighted by atomic mass is 19.1. The van der Waals surface area contributed by atoms with E-state index in [1.807, 2.05) is 6.07 Å². The average Bonchev–Trinajstić information content (AvgIpc) is 2.54. The molecule has 0 amide bonds. The van der Waals surface area contributed by atoms with Crippen LogP contribution in [0.25, 0.3) is 0 Å². The third kappa shape index (κ3) is 5.93. The second kappa shape index (κ2) is 9.44. The molecule has 0 unspecified atom stereocenters. The lowest BCUT2D eigenvalue weighted by Crippen LogP contribution is -2.32. The number of benzene rings is 1. The van der Waals surface area contributed by atoms with Gasteiger partial charge in [0.15, 0.2) is 0 Å². The Bertz CT molecular complexity index is 470. The lowest BCUT2D eigenvalue weighted by atomic mass is 9.77. The molecule has 1 aliphatic carbocycles. The van der Waals surface area contributed by atoms with Gasteiger partial charge in [0.1, 0.15) is 5.82 Å². The van der Waals surface area contributed by atoms with Gasteiger partial charge in [-0.3, -0.25) is 0 Å². The van der Waals surface area contributed by atoms with Crippen LogP contribution in [-0.4, -0.2) is 17.2 Å². The monoisotopic (exact) mass is 320 g/mol. The third-order valence-corrected chi connectivity index (χ3v) is 5.37. The zero-order valence-electron chi connectivity index (χ0n) is 14.3. The van der Waals surface area contributed by atoms with Crippen LogP contribution in [0, 0.1) is 17.7 Å². The van der Waals surface area contributed by atoms with Gasteiger partial charge in [-0.05, 0) is 36.3 Å². The molecule has 2 N–H and O–H groups in total. The first-order valence-electron chi connectivity index (χ1n) is 9.24. The van der Waals surface area contributed by atoms with Crippen molar-refractivity contribution >= 4 is 12.6 Å². The van der Waals surface area contributed by atoms with Gasteiger partial charge in [0.2, 0.25) is 0 Å². The van der Waals surface area contributed by atoms with Gasteiger partial charge >= 0.3 is 7.12 Å². The van der Waals surface area contributed by atoms with Crippen LogP contribution in [0.15, 0.2) is 18.2 Å². The number of hydrogen-bond acceptors (Lipinski definition) is 2. The van der Waals surface area contributed by atoms with E-state index in [1.54, 1.807) is 0 Å². The second-order valence-corrected chi connectivity index (χ2v) is 7.15. The summed E-state index contributed by atoms with van der Waals surface area (Å²) in [5, 5.41) is 18.1. The molecular formula is C19H30BFO2. The largest absolute Gasteiger partial charge is 0.491 e. The minimum Gasteiger partial charge on any atom is -0.423 e. The topological polar surface area (TPSA) is 40.5 Å². The molecule has 0 radical (unpaired) electrons. The maximum Gasteiger partial charge on any atom is 0.491 e. The van der Waals surface area contributed by atoms with E-state index in [2.05, 4.69) is 6.92 Å². The Morgan fingerprint density at radius 3 is 2.26 bits per heavy atom. The van der Waals surface area contributed by atoms with Crippen LogP contribution in [0.1, 0.15) is 70.3 Å². The van der Waals surface area contributed by atoms with Crippen molar-refractivity contribution in [2.24, 2.45) is 11.8 Å². The highest BCUT2D eigenvalue weighted by molar-refractivity contribution is 6.58. The molecule has 0 atom stereocenters. The normalized spacial score (nSPS) is 21.4.